The summed E-state index contributed by atoms with van der Waals surface area (Å²) in [6.45, 7) is 3.01. The molecular formula is C30H33N3O4. The topological polar surface area (TPSA) is 73.3 Å². The maximum Gasteiger partial charge on any atom is 0.407 e. The maximum atomic E-state index is 13.0. The van der Waals surface area contributed by atoms with E-state index in [-0.39, 0.29) is 30.5 Å². The van der Waals surface area contributed by atoms with Crippen LogP contribution in [0.2, 0.25) is 0 Å². The summed E-state index contributed by atoms with van der Waals surface area (Å²) in [6.07, 6.45) is -0.917. The van der Waals surface area contributed by atoms with Gasteiger partial charge in [0, 0.05) is 50.7 Å². The highest BCUT2D eigenvalue weighted by atomic mass is 16.5. The molecule has 2 aliphatic heterocycles. The Morgan fingerprint density at radius 1 is 0.784 bits per heavy atom. The van der Waals surface area contributed by atoms with Gasteiger partial charge in [0.25, 0.3) is 0 Å². The summed E-state index contributed by atoms with van der Waals surface area (Å²) in [4.78, 5) is 30.9. The van der Waals surface area contributed by atoms with E-state index in [1.54, 1.807) is 0 Å². The van der Waals surface area contributed by atoms with Crippen molar-refractivity contribution in [2.45, 2.75) is 24.6 Å². The van der Waals surface area contributed by atoms with Crippen LogP contribution in [0, 0.1) is 0 Å². The number of piperazine rings is 2. The number of hydrogen-bond donors (Lipinski definition) is 1. The molecule has 2 heterocycles. The average molecular weight is 500 g/mol. The van der Waals surface area contributed by atoms with Crippen molar-refractivity contribution < 1.29 is 19.4 Å². The molecule has 1 N–H and O–H groups in total. The summed E-state index contributed by atoms with van der Waals surface area (Å²) >= 11 is 0. The molecule has 0 radical (unpaired) electrons. The third kappa shape index (κ3) is 5.84. The second kappa shape index (κ2) is 11.6. The predicted molar refractivity (Wildman–Crippen MR) is 141 cm³/mol. The first kappa shape index (κ1) is 25.0. The molecule has 0 spiro atoms. The van der Waals surface area contributed by atoms with Gasteiger partial charge in [0.1, 0.15) is 6.61 Å². The average Bonchev–Trinajstić information content (AvgIpc) is 2.94. The van der Waals surface area contributed by atoms with Crippen molar-refractivity contribution in [3.8, 4) is 0 Å². The zero-order valence-electron chi connectivity index (χ0n) is 20.9. The van der Waals surface area contributed by atoms with E-state index in [9.17, 15) is 14.7 Å². The lowest BCUT2D eigenvalue weighted by Gasteiger charge is -2.52. The number of carbonyl (C=O) groups is 2. The van der Waals surface area contributed by atoms with Crippen molar-refractivity contribution >= 4 is 12.0 Å². The van der Waals surface area contributed by atoms with E-state index in [4.69, 9.17) is 4.74 Å². The fourth-order valence-electron chi connectivity index (χ4n) is 5.69. The van der Waals surface area contributed by atoms with Crippen molar-refractivity contribution in [1.29, 1.82) is 0 Å². The van der Waals surface area contributed by atoms with Gasteiger partial charge in [-0.1, -0.05) is 91.0 Å². The van der Waals surface area contributed by atoms with E-state index in [0.717, 1.165) is 16.7 Å². The Labute approximate surface area is 217 Å². The van der Waals surface area contributed by atoms with Crippen LogP contribution in [-0.2, 0) is 16.1 Å². The first-order valence-electron chi connectivity index (χ1n) is 12.8. The van der Waals surface area contributed by atoms with Crippen molar-refractivity contribution in [2.75, 3.05) is 39.3 Å². The second-order valence-electron chi connectivity index (χ2n) is 9.76. The molecule has 7 heteroatoms. The minimum Gasteiger partial charge on any atom is -0.465 e. The Morgan fingerprint density at radius 2 is 1.35 bits per heavy atom. The van der Waals surface area contributed by atoms with E-state index < -0.39 is 6.09 Å². The van der Waals surface area contributed by atoms with Gasteiger partial charge in [-0.15, -0.1) is 0 Å². The van der Waals surface area contributed by atoms with E-state index >= 15 is 0 Å². The van der Waals surface area contributed by atoms with Gasteiger partial charge in [0.05, 0.1) is 6.61 Å². The quantitative estimate of drug-likeness (QED) is 0.534. The van der Waals surface area contributed by atoms with Gasteiger partial charge in [-0.3, -0.25) is 9.69 Å². The SMILES string of the molecule is O=C(O)N1CC(C(c2ccccc2)c2ccccc2)N2CCN(C(=O)COCc3ccccc3)C[C@H]2C1. The van der Waals surface area contributed by atoms with Crippen molar-refractivity contribution in [1.82, 2.24) is 14.7 Å². The summed E-state index contributed by atoms with van der Waals surface area (Å²) in [5.74, 6) is -0.0363. The first-order valence-corrected chi connectivity index (χ1v) is 12.8. The molecule has 1 unspecified atom stereocenters. The molecular weight excluding hydrogens is 466 g/mol. The molecule has 0 aliphatic carbocycles. The van der Waals surface area contributed by atoms with Crippen LogP contribution in [0.3, 0.4) is 0 Å². The lowest BCUT2D eigenvalue weighted by Crippen LogP contribution is -2.68. The highest BCUT2D eigenvalue weighted by Gasteiger charge is 2.44. The normalized spacial score (nSPS) is 20.0. The highest BCUT2D eigenvalue weighted by molar-refractivity contribution is 5.77. The fraction of sp³-hybridized carbons (Fsp3) is 0.333. The number of carboxylic acid groups (broad SMARTS) is 1. The molecule has 2 saturated heterocycles. The van der Waals surface area contributed by atoms with Crippen LogP contribution in [0.5, 0.6) is 0 Å². The van der Waals surface area contributed by atoms with Crippen LogP contribution in [0.1, 0.15) is 22.6 Å². The number of hydrogen-bond acceptors (Lipinski definition) is 4. The Balaban J connectivity index is 1.33. The zero-order valence-corrected chi connectivity index (χ0v) is 20.9. The largest absolute Gasteiger partial charge is 0.465 e. The van der Waals surface area contributed by atoms with E-state index in [1.807, 2.05) is 71.6 Å². The molecule has 192 valence electrons. The monoisotopic (exact) mass is 499 g/mol. The Kier molecular flexibility index (Phi) is 7.82. The number of benzene rings is 3. The van der Waals surface area contributed by atoms with Crippen LogP contribution in [-0.4, -0.2) is 83.2 Å². The van der Waals surface area contributed by atoms with Crippen LogP contribution in [0.15, 0.2) is 91.0 Å². The third-order valence-electron chi connectivity index (χ3n) is 7.46. The number of carbonyl (C=O) groups excluding carboxylic acids is 1. The Morgan fingerprint density at radius 3 is 1.95 bits per heavy atom. The van der Waals surface area contributed by atoms with E-state index in [0.29, 0.717) is 39.3 Å². The second-order valence-corrected chi connectivity index (χ2v) is 9.76. The maximum absolute atomic E-state index is 13.0. The molecule has 2 amide bonds. The summed E-state index contributed by atoms with van der Waals surface area (Å²) < 4.78 is 5.70. The number of rotatable bonds is 7. The lowest BCUT2D eigenvalue weighted by atomic mass is 9.82. The molecule has 5 rings (SSSR count). The Bertz CT molecular complexity index is 1140. The molecule has 2 fully saturated rings. The van der Waals surface area contributed by atoms with E-state index in [1.165, 1.54) is 4.90 Å². The van der Waals surface area contributed by atoms with Gasteiger partial charge in [-0.25, -0.2) is 4.79 Å². The smallest absolute Gasteiger partial charge is 0.407 e. The molecule has 2 atom stereocenters. The molecule has 0 bridgehead atoms. The van der Waals surface area contributed by atoms with Crippen LogP contribution < -0.4 is 0 Å². The lowest BCUT2D eigenvalue weighted by molar-refractivity contribution is -0.141. The number of fused-ring (bicyclic) bond motifs is 1. The van der Waals surface area contributed by atoms with Gasteiger partial charge in [-0.05, 0) is 16.7 Å². The molecule has 7 nitrogen and oxygen atoms in total. The number of nitrogens with zero attached hydrogens (tertiary/aromatic N) is 3. The van der Waals surface area contributed by atoms with Crippen molar-refractivity contribution in [3.63, 3.8) is 0 Å². The molecule has 2 aliphatic rings. The summed E-state index contributed by atoms with van der Waals surface area (Å²) in [6, 6.07) is 30.3. The molecule has 37 heavy (non-hydrogen) atoms. The molecule has 0 saturated carbocycles. The standard InChI is InChI=1S/C30H33N3O4/c34-28(22-37-21-23-10-4-1-5-11-23)31-16-17-33-26(18-31)19-32(30(35)36)20-27(33)29(24-12-6-2-7-13-24)25-14-8-3-9-15-25/h1-15,26-27,29H,16-22H2,(H,35,36)/t26-,27?/m0/s1. The summed E-state index contributed by atoms with van der Waals surface area (Å²) in [7, 11) is 0. The minimum absolute atomic E-state index is 0.0171. The summed E-state index contributed by atoms with van der Waals surface area (Å²) in [5.41, 5.74) is 3.36. The molecule has 0 aromatic heterocycles. The van der Waals surface area contributed by atoms with E-state index in [2.05, 4.69) is 29.2 Å². The first-order chi connectivity index (χ1) is 18.1. The molecule has 3 aromatic carbocycles. The zero-order chi connectivity index (χ0) is 25.6. The predicted octanol–water partition coefficient (Wildman–Crippen LogP) is 3.91. The van der Waals surface area contributed by atoms with Gasteiger partial charge in [0.15, 0.2) is 0 Å². The summed E-state index contributed by atoms with van der Waals surface area (Å²) in [5, 5.41) is 9.98. The van der Waals surface area contributed by atoms with Crippen LogP contribution in [0.4, 0.5) is 4.79 Å². The van der Waals surface area contributed by atoms with Crippen LogP contribution >= 0.6 is 0 Å². The highest BCUT2D eigenvalue weighted by Crippen LogP contribution is 2.35. The van der Waals surface area contributed by atoms with Gasteiger partial charge >= 0.3 is 6.09 Å². The minimum atomic E-state index is -0.917. The van der Waals surface area contributed by atoms with Crippen molar-refractivity contribution in [3.05, 3.63) is 108 Å². The Hall–Kier alpha value is -3.68. The third-order valence-corrected chi connectivity index (χ3v) is 7.46. The fourth-order valence-corrected chi connectivity index (χ4v) is 5.69. The van der Waals surface area contributed by atoms with Gasteiger partial charge < -0.3 is 19.6 Å². The number of ether oxygens (including phenoxy) is 1. The van der Waals surface area contributed by atoms with Crippen molar-refractivity contribution in [2.24, 2.45) is 0 Å². The van der Waals surface area contributed by atoms with Gasteiger partial charge in [0.2, 0.25) is 5.91 Å². The number of amides is 2. The van der Waals surface area contributed by atoms with Crippen LogP contribution in [0.25, 0.3) is 0 Å². The molecule has 3 aromatic rings. The van der Waals surface area contributed by atoms with Gasteiger partial charge in [-0.2, -0.15) is 0 Å².